The fourth-order valence-corrected chi connectivity index (χ4v) is 4.30. The summed E-state index contributed by atoms with van der Waals surface area (Å²) in [7, 11) is -3.32. The van der Waals surface area contributed by atoms with Crippen LogP contribution in [0.5, 0.6) is 0 Å². The first-order valence-corrected chi connectivity index (χ1v) is 9.32. The number of nitrogens with zero attached hydrogens (tertiary/aromatic N) is 1. The van der Waals surface area contributed by atoms with Gasteiger partial charge in [-0.05, 0) is 35.6 Å². The van der Waals surface area contributed by atoms with Crippen molar-refractivity contribution in [3.63, 3.8) is 0 Å². The van der Waals surface area contributed by atoms with E-state index in [0.717, 1.165) is 19.3 Å². The van der Waals surface area contributed by atoms with Crippen molar-refractivity contribution in [3.05, 3.63) is 48.0 Å². The molecular formula is C17H22N2O2S. The van der Waals surface area contributed by atoms with E-state index < -0.39 is 10.2 Å². The van der Waals surface area contributed by atoms with E-state index in [-0.39, 0.29) is 0 Å². The van der Waals surface area contributed by atoms with Crippen LogP contribution < -0.4 is 4.72 Å². The average Bonchev–Trinajstić information content (AvgIpc) is 2.56. The van der Waals surface area contributed by atoms with Crippen LogP contribution in [0.15, 0.2) is 42.5 Å². The Bertz CT molecular complexity index is 732. The van der Waals surface area contributed by atoms with Crippen LogP contribution in [0.4, 0.5) is 0 Å². The Balaban J connectivity index is 1.64. The van der Waals surface area contributed by atoms with Crippen LogP contribution in [0.3, 0.4) is 0 Å². The third-order valence-corrected chi connectivity index (χ3v) is 5.83. The second kappa shape index (κ2) is 6.77. The lowest BCUT2D eigenvalue weighted by Crippen LogP contribution is -2.43. The van der Waals surface area contributed by atoms with Gasteiger partial charge in [-0.15, -0.1) is 0 Å². The Hall–Kier alpha value is -1.43. The summed E-state index contributed by atoms with van der Waals surface area (Å²) in [5.41, 5.74) is 1.18. The summed E-state index contributed by atoms with van der Waals surface area (Å²) < 4.78 is 28.8. The molecule has 22 heavy (non-hydrogen) atoms. The second-order valence-electron chi connectivity index (χ2n) is 5.75. The molecule has 0 aromatic heterocycles. The molecule has 1 fully saturated rings. The van der Waals surface area contributed by atoms with Crippen molar-refractivity contribution in [2.24, 2.45) is 0 Å². The maximum Gasteiger partial charge on any atom is 0.279 e. The minimum absolute atomic E-state index is 0.437. The molecule has 0 amide bonds. The molecule has 1 saturated heterocycles. The lowest BCUT2D eigenvalue weighted by molar-refractivity contribution is 0.342. The summed E-state index contributed by atoms with van der Waals surface area (Å²) in [6.07, 6.45) is 3.75. The molecule has 0 radical (unpaired) electrons. The van der Waals surface area contributed by atoms with Crippen molar-refractivity contribution < 1.29 is 8.42 Å². The normalized spacial score (nSPS) is 16.9. The summed E-state index contributed by atoms with van der Waals surface area (Å²) in [5, 5.41) is 2.39. The number of hydrogen-bond donors (Lipinski definition) is 1. The first kappa shape index (κ1) is 15.5. The van der Waals surface area contributed by atoms with Gasteiger partial charge in [0, 0.05) is 19.6 Å². The van der Waals surface area contributed by atoms with Gasteiger partial charge in [-0.3, -0.25) is 0 Å². The van der Waals surface area contributed by atoms with Crippen LogP contribution in [0.25, 0.3) is 10.8 Å². The molecule has 2 aromatic rings. The molecule has 1 heterocycles. The van der Waals surface area contributed by atoms with Gasteiger partial charge in [0.2, 0.25) is 0 Å². The van der Waals surface area contributed by atoms with Crippen molar-refractivity contribution in [3.8, 4) is 0 Å². The highest BCUT2D eigenvalue weighted by molar-refractivity contribution is 7.87. The molecule has 0 saturated carbocycles. The maximum atomic E-state index is 12.3. The predicted octanol–water partition coefficient (Wildman–Crippen LogP) is 2.70. The third kappa shape index (κ3) is 3.48. The monoisotopic (exact) mass is 318 g/mol. The highest BCUT2D eigenvalue weighted by Crippen LogP contribution is 2.19. The van der Waals surface area contributed by atoms with Gasteiger partial charge in [0.15, 0.2) is 0 Å². The average molecular weight is 318 g/mol. The second-order valence-corrected chi connectivity index (χ2v) is 7.50. The number of fused-ring (bicyclic) bond motifs is 1. The quantitative estimate of drug-likeness (QED) is 0.921. The number of nitrogens with one attached hydrogen (secondary N) is 1. The standard InChI is InChI=1S/C17H22N2O2S/c20-22(21,19-13-4-1-5-14-19)18-12-11-16-9-6-8-15-7-2-3-10-17(15)16/h2-3,6-10,18H,1,4-5,11-14H2. The maximum absolute atomic E-state index is 12.3. The molecule has 0 aliphatic carbocycles. The fourth-order valence-electron chi connectivity index (χ4n) is 3.02. The smallest absolute Gasteiger partial charge is 0.202 e. The summed E-state index contributed by atoms with van der Waals surface area (Å²) in [4.78, 5) is 0. The summed E-state index contributed by atoms with van der Waals surface area (Å²) in [6.45, 7) is 1.72. The van der Waals surface area contributed by atoms with Crippen molar-refractivity contribution in [1.82, 2.24) is 9.03 Å². The number of benzene rings is 2. The molecule has 1 aliphatic rings. The van der Waals surface area contributed by atoms with E-state index >= 15 is 0 Å². The molecule has 3 rings (SSSR count). The van der Waals surface area contributed by atoms with Gasteiger partial charge in [-0.25, -0.2) is 4.72 Å². The minimum atomic E-state index is -3.32. The van der Waals surface area contributed by atoms with Crippen LogP contribution in [-0.2, 0) is 16.6 Å². The zero-order valence-corrected chi connectivity index (χ0v) is 13.5. The molecule has 0 unspecified atom stereocenters. The van der Waals surface area contributed by atoms with Crippen LogP contribution in [0.1, 0.15) is 24.8 Å². The SMILES string of the molecule is O=S(=O)(NCCc1cccc2ccccc12)N1CCCCC1. The molecule has 0 atom stereocenters. The van der Waals surface area contributed by atoms with Gasteiger partial charge in [0.1, 0.15) is 0 Å². The minimum Gasteiger partial charge on any atom is -0.202 e. The summed E-state index contributed by atoms with van der Waals surface area (Å²) in [5.74, 6) is 0. The number of piperidine rings is 1. The van der Waals surface area contributed by atoms with E-state index in [4.69, 9.17) is 0 Å². The summed E-state index contributed by atoms with van der Waals surface area (Å²) in [6, 6.07) is 14.4. The van der Waals surface area contributed by atoms with Gasteiger partial charge >= 0.3 is 0 Å². The largest absolute Gasteiger partial charge is 0.279 e. The van der Waals surface area contributed by atoms with Gasteiger partial charge < -0.3 is 0 Å². The van der Waals surface area contributed by atoms with Crippen molar-refractivity contribution >= 4 is 21.0 Å². The van der Waals surface area contributed by atoms with E-state index in [9.17, 15) is 8.42 Å². The van der Waals surface area contributed by atoms with Crippen LogP contribution in [0.2, 0.25) is 0 Å². The lowest BCUT2D eigenvalue weighted by Gasteiger charge is -2.25. The van der Waals surface area contributed by atoms with Crippen LogP contribution in [-0.4, -0.2) is 32.4 Å². The van der Waals surface area contributed by atoms with Gasteiger partial charge in [0.05, 0.1) is 0 Å². The molecule has 1 N–H and O–H groups in total. The van der Waals surface area contributed by atoms with E-state index in [0.29, 0.717) is 26.1 Å². The molecule has 0 bridgehead atoms. The van der Waals surface area contributed by atoms with Crippen LogP contribution in [0, 0.1) is 0 Å². The van der Waals surface area contributed by atoms with Gasteiger partial charge in [-0.1, -0.05) is 48.9 Å². The topological polar surface area (TPSA) is 49.4 Å². The fraction of sp³-hybridized carbons (Fsp3) is 0.412. The molecule has 4 nitrogen and oxygen atoms in total. The Kier molecular flexibility index (Phi) is 4.76. The predicted molar refractivity (Wildman–Crippen MR) is 90.0 cm³/mol. The molecule has 5 heteroatoms. The molecule has 2 aromatic carbocycles. The molecular weight excluding hydrogens is 296 g/mol. The van der Waals surface area contributed by atoms with Crippen molar-refractivity contribution in [1.29, 1.82) is 0 Å². The molecule has 1 aliphatic heterocycles. The Morgan fingerprint density at radius 3 is 2.50 bits per heavy atom. The first-order chi connectivity index (χ1) is 10.7. The Morgan fingerprint density at radius 2 is 1.68 bits per heavy atom. The zero-order chi connectivity index (χ0) is 15.4. The number of rotatable bonds is 5. The van der Waals surface area contributed by atoms with Crippen molar-refractivity contribution in [2.75, 3.05) is 19.6 Å². The van der Waals surface area contributed by atoms with E-state index in [1.165, 1.54) is 16.3 Å². The Labute approximate surface area is 132 Å². The zero-order valence-electron chi connectivity index (χ0n) is 12.7. The third-order valence-electron chi connectivity index (χ3n) is 4.21. The molecule has 118 valence electrons. The van der Waals surface area contributed by atoms with Gasteiger partial charge in [0.25, 0.3) is 10.2 Å². The van der Waals surface area contributed by atoms with E-state index in [1.54, 1.807) is 4.31 Å². The highest BCUT2D eigenvalue weighted by Gasteiger charge is 2.22. The van der Waals surface area contributed by atoms with Crippen molar-refractivity contribution in [2.45, 2.75) is 25.7 Å². The van der Waals surface area contributed by atoms with Crippen LogP contribution >= 0.6 is 0 Å². The van der Waals surface area contributed by atoms with E-state index in [1.807, 2.05) is 18.2 Å². The molecule has 0 spiro atoms. The Morgan fingerprint density at radius 1 is 0.955 bits per heavy atom. The lowest BCUT2D eigenvalue weighted by atomic mass is 10.0. The summed E-state index contributed by atoms with van der Waals surface area (Å²) >= 11 is 0. The number of hydrogen-bond acceptors (Lipinski definition) is 2. The first-order valence-electron chi connectivity index (χ1n) is 7.88. The van der Waals surface area contributed by atoms with Gasteiger partial charge in [-0.2, -0.15) is 12.7 Å². The van der Waals surface area contributed by atoms with E-state index in [2.05, 4.69) is 29.0 Å². The highest BCUT2D eigenvalue weighted by atomic mass is 32.2.